The third-order valence-electron chi connectivity index (χ3n) is 3.63. The van der Waals surface area contributed by atoms with E-state index in [4.69, 9.17) is 14.2 Å². The molecule has 1 amide bonds. The average Bonchev–Trinajstić information content (AvgIpc) is 2.60. The first-order valence-electron chi connectivity index (χ1n) is 7.79. The van der Waals surface area contributed by atoms with Crippen LogP contribution in [0.5, 0.6) is 17.2 Å². The molecule has 2 rings (SSSR count). The number of carbonyl (C=O) groups is 1. The zero-order valence-corrected chi connectivity index (χ0v) is 14.3. The van der Waals surface area contributed by atoms with Crippen LogP contribution in [0.25, 0.3) is 0 Å². The summed E-state index contributed by atoms with van der Waals surface area (Å²) in [4.78, 5) is 12.0. The van der Waals surface area contributed by atoms with E-state index in [0.29, 0.717) is 36.8 Å². The monoisotopic (exact) mass is 329 g/mol. The van der Waals surface area contributed by atoms with Crippen LogP contribution < -0.4 is 19.5 Å². The molecule has 0 aliphatic heterocycles. The number of aryl methyl sites for hydroxylation is 1. The van der Waals surface area contributed by atoms with Crippen LogP contribution in [0.4, 0.5) is 0 Å². The number of ether oxygens (including phenoxy) is 3. The number of nitrogens with one attached hydrogen (secondary N) is 1. The van der Waals surface area contributed by atoms with Gasteiger partial charge in [0.2, 0.25) is 5.91 Å². The zero-order chi connectivity index (χ0) is 17.4. The fourth-order valence-electron chi connectivity index (χ4n) is 2.27. The van der Waals surface area contributed by atoms with Gasteiger partial charge in [0.15, 0.2) is 0 Å². The lowest BCUT2D eigenvalue weighted by Crippen LogP contribution is -2.29. The van der Waals surface area contributed by atoms with Crippen molar-refractivity contribution in [2.75, 3.05) is 27.4 Å². The number of carbonyl (C=O) groups excluding carboxylic acids is 1. The second-order valence-corrected chi connectivity index (χ2v) is 5.35. The zero-order valence-electron chi connectivity index (χ0n) is 14.3. The maximum Gasteiger partial charge on any atom is 0.224 e. The highest BCUT2D eigenvalue weighted by Gasteiger charge is 2.06. The lowest BCUT2D eigenvalue weighted by Gasteiger charge is -2.11. The van der Waals surface area contributed by atoms with Gasteiger partial charge in [-0.1, -0.05) is 24.3 Å². The smallest absolute Gasteiger partial charge is 0.224 e. The maximum atomic E-state index is 12.0. The lowest BCUT2D eigenvalue weighted by molar-refractivity contribution is -0.120. The van der Waals surface area contributed by atoms with Crippen molar-refractivity contribution in [2.45, 2.75) is 13.3 Å². The highest BCUT2D eigenvalue weighted by atomic mass is 16.5. The summed E-state index contributed by atoms with van der Waals surface area (Å²) in [6, 6.07) is 13.2. The molecule has 0 saturated heterocycles. The van der Waals surface area contributed by atoms with Crippen LogP contribution in [0.15, 0.2) is 42.5 Å². The van der Waals surface area contributed by atoms with Crippen molar-refractivity contribution in [2.24, 2.45) is 0 Å². The van der Waals surface area contributed by atoms with Crippen molar-refractivity contribution in [3.63, 3.8) is 0 Å². The van der Waals surface area contributed by atoms with E-state index < -0.39 is 0 Å². The van der Waals surface area contributed by atoms with E-state index in [1.807, 2.05) is 31.2 Å². The minimum atomic E-state index is -0.0175. The number of benzene rings is 2. The second-order valence-electron chi connectivity index (χ2n) is 5.35. The molecule has 0 fully saturated rings. The molecule has 5 heteroatoms. The number of hydrogen-bond acceptors (Lipinski definition) is 4. The third-order valence-corrected chi connectivity index (χ3v) is 3.63. The summed E-state index contributed by atoms with van der Waals surface area (Å²) in [6.07, 6.45) is 0.375. The molecule has 128 valence electrons. The Morgan fingerprint density at radius 3 is 2.25 bits per heavy atom. The average molecular weight is 329 g/mol. The Morgan fingerprint density at radius 2 is 1.62 bits per heavy atom. The molecule has 1 N–H and O–H groups in total. The largest absolute Gasteiger partial charge is 0.496 e. The summed E-state index contributed by atoms with van der Waals surface area (Å²) in [5, 5.41) is 2.86. The Bertz CT molecular complexity index is 663. The SMILES string of the molecule is COc1cc(OC)cc(OCCNC(=O)Cc2ccccc2C)c1. The summed E-state index contributed by atoms with van der Waals surface area (Å²) in [7, 11) is 3.18. The van der Waals surface area contributed by atoms with Gasteiger partial charge in [-0.3, -0.25) is 4.79 Å². The van der Waals surface area contributed by atoms with E-state index in [0.717, 1.165) is 11.1 Å². The van der Waals surface area contributed by atoms with Gasteiger partial charge in [0.25, 0.3) is 0 Å². The lowest BCUT2D eigenvalue weighted by atomic mass is 10.1. The molecule has 0 atom stereocenters. The molecule has 2 aromatic rings. The summed E-state index contributed by atoms with van der Waals surface area (Å²) >= 11 is 0. The molecule has 0 unspecified atom stereocenters. The van der Waals surface area contributed by atoms with E-state index >= 15 is 0 Å². The van der Waals surface area contributed by atoms with Crippen molar-refractivity contribution >= 4 is 5.91 Å². The van der Waals surface area contributed by atoms with E-state index in [2.05, 4.69) is 5.32 Å². The predicted molar refractivity (Wildman–Crippen MR) is 92.9 cm³/mol. The Kier molecular flexibility index (Phi) is 6.49. The summed E-state index contributed by atoms with van der Waals surface area (Å²) in [5.41, 5.74) is 2.15. The predicted octanol–water partition coefficient (Wildman–Crippen LogP) is 2.75. The molecule has 2 aromatic carbocycles. The van der Waals surface area contributed by atoms with Gasteiger partial charge in [0.1, 0.15) is 23.9 Å². The maximum absolute atomic E-state index is 12.0. The van der Waals surface area contributed by atoms with E-state index in [1.54, 1.807) is 32.4 Å². The normalized spacial score (nSPS) is 10.1. The minimum Gasteiger partial charge on any atom is -0.496 e. The number of rotatable bonds is 8. The summed E-state index contributed by atoms with van der Waals surface area (Å²) in [5.74, 6) is 1.94. The van der Waals surface area contributed by atoms with Crippen molar-refractivity contribution in [1.82, 2.24) is 5.32 Å². The molecule has 24 heavy (non-hydrogen) atoms. The first-order chi connectivity index (χ1) is 11.6. The van der Waals surface area contributed by atoms with Gasteiger partial charge in [-0.15, -0.1) is 0 Å². The van der Waals surface area contributed by atoms with Crippen LogP contribution in [0.2, 0.25) is 0 Å². The van der Waals surface area contributed by atoms with Crippen LogP contribution in [0.3, 0.4) is 0 Å². The molecule has 0 bridgehead atoms. The quantitative estimate of drug-likeness (QED) is 0.757. The molecular formula is C19H23NO4. The van der Waals surface area contributed by atoms with Crippen LogP contribution >= 0.6 is 0 Å². The Hall–Kier alpha value is -2.69. The van der Waals surface area contributed by atoms with Gasteiger partial charge < -0.3 is 19.5 Å². The van der Waals surface area contributed by atoms with E-state index in [-0.39, 0.29) is 5.91 Å². The molecule has 0 radical (unpaired) electrons. The Morgan fingerprint density at radius 1 is 1.00 bits per heavy atom. The minimum absolute atomic E-state index is 0.0175. The van der Waals surface area contributed by atoms with Crippen LogP contribution in [-0.4, -0.2) is 33.3 Å². The Balaban J connectivity index is 1.78. The van der Waals surface area contributed by atoms with Crippen LogP contribution in [0.1, 0.15) is 11.1 Å². The highest BCUT2D eigenvalue weighted by molar-refractivity contribution is 5.78. The molecule has 0 aliphatic carbocycles. The van der Waals surface area contributed by atoms with Crippen LogP contribution in [0, 0.1) is 6.92 Å². The second kappa shape index (κ2) is 8.82. The molecule has 0 aromatic heterocycles. The van der Waals surface area contributed by atoms with Crippen molar-refractivity contribution in [3.8, 4) is 17.2 Å². The number of hydrogen-bond donors (Lipinski definition) is 1. The van der Waals surface area contributed by atoms with E-state index in [1.165, 1.54) is 0 Å². The molecule has 0 saturated carbocycles. The standard InChI is InChI=1S/C19H23NO4/c1-14-6-4-5-7-15(14)10-19(21)20-8-9-24-18-12-16(22-2)11-17(13-18)23-3/h4-7,11-13H,8-10H2,1-3H3,(H,20,21). The van der Waals surface area contributed by atoms with Crippen LogP contribution in [-0.2, 0) is 11.2 Å². The first-order valence-corrected chi connectivity index (χ1v) is 7.79. The summed E-state index contributed by atoms with van der Waals surface area (Å²) < 4.78 is 16.0. The topological polar surface area (TPSA) is 56.8 Å². The molecule has 0 spiro atoms. The van der Waals surface area contributed by atoms with Crippen molar-refractivity contribution in [1.29, 1.82) is 0 Å². The number of methoxy groups -OCH3 is 2. The molecule has 5 nitrogen and oxygen atoms in total. The third kappa shape index (κ3) is 5.19. The highest BCUT2D eigenvalue weighted by Crippen LogP contribution is 2.27. The summed E-state index contributed by atoms with van der Waals surface area (Å²) in [6.45, 7) is 2.81. The van der Waals surface area contributed by atoms with Gasteiger partial charge >= 0.3 is 0 Å². The molecule has 0 aliphatic rings. The van der Waals surface area contributed by atoms with Gasteiger partial charge in [0.05, 0.1) is 27.2 Å². The van der Waals surface area contributed by atoms with Crippen molar-refractivity contribution < 1.29 is 19.0 Å². The molecule has 0 heterocycles. The fraction of sp³-hybridized carbons (Fsp3) is 0.316. The van der Waals surface area contributed by atoms with Gasteiger partial charge in [-0.2, -0.15) is 0 Å². The van der Waals surface area contributed by atoms with Gasteiger partial charge in [-0.25, -0.2) is 0 Å². The fourth-order valence-corrected chi connectivity index (χ4v) is 2.27. The first kappa shape index (κ1) is 17.7. The van der Waals surface area contributed by atoms with Gasteiger partial charge in [-0.05, 0) is 18.1 Å². The van der Waals surface area contributed by atoms with E-state index in [9.17, 15) is 4.79 Å². The molecular weight excluding hydrogens is 306 g/mol. The number of amides is 1. The Labute approximate surface area is 142 Å². The van der Waals surface area contributed by atoms with Gasteiger partial charge in [0, 0.05) is 18.2 Å². The van der Waals surface area contributed by atoms with Crippen molar-refractivity contribution in [3.05, 3.63) is 53.6 Å².